The highest BCUT2D eigenvalue weighted by atomic mass is 19.2. The normalized spacial score (nSPS) is 11.1. The molecule has 38 heavy (non-hydrogen) atoms. The third-order valence-corrected chi connectivity index (χ3v) is 6.39. The molecule has 0 spiro atoms. The van der Waals surface area contributed by atoms with Crippen molar-refractivity contribution >= 4 is 10.8 Å². The zero-order valence-corrected chi connectivity index (χ0v) is 20.3. The molecule has 5 aromatic rings. The van der Waals surface area contributed by atoms with E-state index in [1.54, 1.807) is 18.2 Å². The Hall–Kier alpha value is -4.45. The first-order valence-electron chi connectivity index (χ1n) is 11.8. The zero-order chi connectivity index (χ0) is 27.0. The number of fused-ring (bicyclic) bond motifs is 1. The monoisotopic (exact) mass is 516 g/mol. The highest BCUT2D eigenvalue weighted by molar-refractivity contribution is 5.89. The van der Waals surface area contributed by atoms with Crippen LogP contribution in [0.25, 0.3) is 44.2 Å². The van der Waals surface area contributed by atoms with Crippen molar-refractivity contribution in [2.24, 2.45) is 0 Å². The number of rotatable bonds is 6. The highest BCUT2D eigenvalue weighted by Crippen LogP contribution is 2.36. The van der Waals surface area contributed by atoms with Gasteiger partial charge in [-0.3, -0.25) is 0 Å². The summed E-state index contributed by atoms with van der Waals surface area (Å²) in [5, 5.41) is 0.982. The smallest absolute Gasteiger partial charge is 0.201 e. The standard InChI is InChI=1S/C32H21F5O/c1-3-16-38-27-15-14-23(30(35)32(27)37)20-7-5-19(6-8-20)22-12-13-26(31(36)29(22)34)25-11-9-21-17-18(2)4-10-24(21)28(25)33/h3-15,17H,1,16H2,2H3. The molecule has 0 aliphatic heterocycles. The van der Waals surface area contributed by atoms with Crippen LogP contribution >= 0.6 is 0 Å². The molecule has 0 aromatic heterocycles. The second kappa shape index (κ2) is 10.1. The average Bonchev–Trinajstić information content (AvgIpc) is 2.92. The van der Waals surface area contributed by atoms with Crippen LogP contribution in [-0.2, 0) is 0 Å². The molecule has 5 rings (SSSR count). The quantitative estimate of drug-likeness (QED) is 0.161. The fourth-order valence-corrected chi connectivity index (χ4v) is 4.44. The van der Waals surface area contributed by atoms with Crippen molar-refractivity contribution in [3.63, 3.8) is 0 Å². The van der Waals surface area contributed by atoms with Crippen molar-refractivity contribution < 1.29 is 26.7 Å². The molecule has 0 atom stereocenters. The summed E-state index contributed by atoms with van der Waals surface area (Å²) >= 11 is 0. The van der Waals surface area contributed by atoms with Crippen LogP contribution < -0.4 is 4.74 Å². The van der Waals surface area contributed by atoms with Crippen LogP contribution in [-0.4, -0.2) is 6.61 Å². The lowest BCUT2D eigenvalue weighted by atomic mass is 9.95. The Bertz CT molecular complexity index is 1690. The van der Waals surface area contributed by atoms with Gasteiger partial charge in [-0.05, 0) is 35.6 Å². The van der Waals surface area contributed by atoms with Gasteiger partial charge in [0, 0.05) is 27.6 Å². The van der Waals surface area contributed by atoms with Gasteiger partial charge in [0.25, 0.3) is 0 Å². The van der Waals surface area contributed by atoms with Crippen molar-refractivity contribution in [1.29, 1.82) is 0 Å². The first-order valence-corrected chi connectivity index (χ1v) is 11.8. The first-order chi connectivity index (χ1) is 18.3. The SMILES string of the molecule is C=CCOc1ccc(-c2ccc(-c3ccc(-c4ccc5cc(C)ccc5c4F)c(F)c3F)cc2)c(F)c1F. The zero-order valence-electron chi connectivity index (χ0n) is 20.3. The minimum absolute atomic E-state index is 0.0102. The Morgan fingerprint density at radius 2 is 1.13 bits per heavy atom. The largest absolute Gasteiger partial charge is 0.486 e. The van der Waals surface area contributed by atoms with E-state index in [0.717, 1.165) is 5.56 Å². The van der Waals surface area contributed by atoms with Gasteiger partial charge in [-0.2, -0.15) is 4.39 Å². The Labute approximate surface area is 216 Å². The number of benzene rings is 5. The maximum absolute atomic E-state index is 15.2. The van der Waals surface area contributed by atoms with E-state index in [1.165, 1.54) is 60.7 Å². The Morgan fingerprint density at radius 3 is 1.79 bits per heavy atom. The Kier molecular flexibility index (Phi) is 6.72. The van der Waals surface area contributed by atoms with Gasteiger partial charge in [-0.1, -0.05) is 84.9 Å². The molecule has 0 unspecified atom stereocenters. The molecule has 190 valence electrons. The van der Waals surface area contributed by atoms with Crippen molar-refractivity contribution in [3.05, 3.63) is 126 Å². The molecule has 0 radical (unpaired) electrons. The molecule has 0 aliphatic carbocycles. The van der Waals surface area contributed by atoms with Crippen LogP contribution in [0.3, 0.4) is 0 Å². The van der Waals surface area contributed by atoms with Gasteiger partial charge in [0.1, 0.15) is 12.4 Å². The Balaban J connectivity index is 1.48. The summed E-state index contributed by atoms with van der Waals surface area (Å²) in [4.78, 5) is 0. The first kappa shape index (κ1) is 25.2. The molecule has 1 nitrogen and oxygen atoms in total. The Morgan fingerprint density at radius 1 is 0.605 bits per heavy atom. The van der Waals surface area contributed by atoms with Gasteiger partial charge in [0.15, 0.2) is 23.2 Å². The molecule has 0 fully saturated rings. The summed E-state index contributed by atoms with van der Waals surface area (Å²) in [6, 6.07) is 19.6. The lowest BCUT2D eigenvalue weighted by molar-refractivity contribution is 0.333. The molecule has 0 saturated heterocycles. The maximum atomic E-state index is 15.2. The van der Waals surface area contributed by atoms with Crippen LogP contribution in [0.1, 0.15) is 5.56 Å². The lowest BCUT2D eigenvalue weighted by Crippen LogP contribution is -1.99. The number of ether oxygens (including phenoxy) is 1. The van der Waals surface area contributed by atoms with E-state index in [9.17, 15) is 8.78 Å². The molecule has 6 heteroatoms. The minimum atomic E-state index is -1.18. The van der Waals surface area contributed by atoms with E-state index >= 15 is 13.2 Å². The van der Waals surface area contributed by atoms with Crippen molar-refractivity contribution in [3.8, 4) is 39.1 Å². The van der Waals surface area contributed by atoms with Gasteiger partial charge < -0.3 is 4.74 Å². The molecule has 0 amide bonds. The number of hydrogen-bond donors (Lipinski definition) is 0. The van der Waals surface area contributed by atoms with E-state index in [1.807, 2.05) is 13.0 Å². The van der Waals surface area contributed by atoms with Crippen LogP contribution in [0.4, 0.5) is 22.0 Å². The van der Waals surface area contributed by atoms with E-state index in [4.69, 9.17) is 4.74 Å². The molecule has 0 saturated carbocycles. The second-order valence-corrected chi connectivity index (χ2v) is 8.86. The second-order valence-electron chi connectivity index (χ2n) is 8.86. The van der Waals surface area contributed by atoms with Gasteiger partial charge >= 0.3 is 0 Å². The van der Waals surface area contributed by atoms with Crippen molar-refractivity contribution in [1.82, 2.24) is 0 Å². The molecular weight excluding hydrogens is 495 g/mol. The summed E-state index contributed by atoms with van der Waals surface area (Å²) in [5.41, 5.74) is 1.32. The topological polar surface area (TPSA) is 9.23 Å². The third-order valence-electron chi connectivity index (χ3n) is 6.39. The minimum Gasteiger partial charge on any atom is -0.486 e. The van der Waals surface area contributed by atoms with Crippen molar-refractivity contribution in [2.75, 3.05) is 6.61 Å². The summed E-state index contributed by atoms with van der Waals surface area (Å²) in [6.45, 7) is 5.38. The fraction of sp³-hybridized carbons (Fsp3) is 0.0625. The van der Waals surface area contributed by atoms with Gasteiger partial charge in [0.2, 0.25) is 5.82 Å². The van der Waals surface area contributed by atoms with E-state index in [0.29, 0.717) is 21.9 Å². The predicted molar refractivity (Wildman–Crippen MR) is 140 cm³/mol. The van der Waals surface area contributed by atoms with Crippen LogP contribution in [0.5, 0.6) is 5.75 Å². The van der Waals surface area contributed by atoms with Gasteiger partial charge in [0.05, 0.1) is 0 Å². The number of hydrogen-bond acceptors (Lipinski definition) is 1. The molecule has 0 N–H and O–H groups in total. The third kappa shape index (κ3) is 4.43. The van der Waals surface area contributed by atoms with E-state index < -0.39 is 29.1 Å². The van der Waals surface area contributed by atoms with E-state index in [-0.39, 0.29) is 34.6 Å². The fourth-order valence-electron chi connectivity index (χ4n) is 4.44. The molecule has 0 aliphatic rings. The van der Waals surface area contributed by atoms with Crippen LogP contribution in [0.2, 0.25) is 0 Å². The lowest BCUT2D eigenvalue weighted by Gasteiger charge is -2.12. The average molecular weight is 517 g/mol. The summed E-state index contributed by atoms with van der Waals surface area (Å²) in [7, 11) is 0. The summed E-state index contributed by atoms with van der Waals surface area (Å²) in [6.07, 6.45) is 1.41. The maximum Gasteiger partial charge on any atom is 0.201 e. The van der Waals surface area contributed by atoms with Gasteiger partial charge in [-0.25, -0.2) is 17.6 Å². The predicted octanol–water partition coefficient (Wildman–Crippen LogP) is 9.41. The number of aryl methyl sites for hydroxylation is 1. The molecule has 0 bridgehead atoms. The van der Waals surface area contributed by atoms with Crippen LogP contribution in [0, 0.1) is 36.0 Å². The van der Waals surface area contributed by atoms with Gasteiger partial charge in [-0.15, -0.1) is 0 Å². The van der Waals surface area contributed by atoms with Crippen molar-refractivity contribution in [2.45, 2.75) is 6.92 Å². The van der Waals surface area contributed by atoms with E-state index in [2.05, 4.69) is 6.58 Å². The molecule has 5 aromatic carbocycles. The summed E-state index contributed by atoms with van der Waals surface area (Å²) < 4.78 is 79.7. The van der Waals surface area contributed by atoms with Crippen LogP contribution in [0.15, 0.2) is 91.5 Å². The molecule has 0 heterocycles. The molecular formula is C32H21F5O. The number of halogens is 5. The highest BCUT2D eigenvalue weighted by Gasteiger charge is 2.20. The summed E-state index contributed by atoms with van der Waals surface area (Å²) in [5.74, 6) is -5.41.